The second-order valence-electron chi connectivity index (χ2n) is 5.48. The molecular weight excluding hydrogens is 224 g/mol. The van der Waals surface area contributed by atoms with E-state index in [1.807, 2.05) is 0 Å². The van der Waals surface area contributed by atoms with Crippen LogP contribution in [0.1, 0.15) is 12.0 Å². The van der Waals surface area contributed by atoms with Gasteiger partial charge in [-0.05, 0) is 25.5 Å². The van der Waals surface area contributed by atoms with Crippen LogP contribution in [0.3, 0.4) is 0 Å². The second kappa shape index (κ2) is 6.32. The van der Waals surface area contributed by atoms with Gasteiger partial charge in [0, 0.05) is 31.7 Å². The van der Waals surface area contributed by atoms with E-state index in [4.69, 9.17) is 10.5 Å². The van der Waals surface area contributed by atoms with E-state index >= 15 is 0 Å². The lowest BCUT2D eigenvalue weighted by Crippen LogP contribution is -2.42. The maximum Gasteiger partial charge on any atom is 0.0547 e. The minimum absolute atomic E-state index is 0.186. The van der Waals surface area contributed by atoms with Crippen molar-refractivity contribution in [2.75, 3.05) is 39.9 Å². The quantitative estimate of drug-likeness (QED) is 0.829. The molecule has 1 aromatic carbocycles. The highest BCUT2D eigenvalue weighted by molar-refractivity contribution is 5.14. The van der Waals surface area contributed by atoms with E-state index in [1.165, 1.54) is 5.56 Å². The van der Waals surface area contributed by atoms with Crippen LogP contribution in [0.15, 0.2) is 30.3 Å². The molecule has 2 rings (SSSR count). The zero-order chi connectivity index (χ0) is 12.8. The fourth-order valence-corrected chi connectivity index (χ4v) is 2.62. The van der Waals surface area contributed by atoms with Gasteiger partial charge in [-0.2, -0.15) is 0 Å². The van der Waals surface area contributed by atoms with Crippen LogP contribution in [0.5, 0.6) is 0 Å². The van der Waals surface area contributed by atoms with Gasteiger partial charge < -0.3 is 15.4 Å². The monoisotopic (exact) mass is 248 g/mol. The molecule has 3 heteroatoms. The largest absolute Gasteiger partial charge is 0.381 e. The first-order valence-electron chi connectivity index (χ1n) is 6.74. The molecule has 1 saturated heterocycles. The van der Waals surface area contributed by atoms with Crippen molar-refractivity contribution in [1.82, 2.24) is 4.90 Å². The summed E-state index contributed by atoms with van der Waals surface area (Å²) in [5.41, 5.74) is 7.50. The fraction of sp³-hybridized carbons (Fsp3) is 0.600. The van der Waals surface area contributed by atoms with Gasteiger partial charge in [0.15, 0.2) is 0 Å². The molecule has 100 valence electrons. The molecule has 1 heterocycles. The molecule has 1 atom stereocenters. The number of hydrogen-bond acceptors (Lipinski definition) is 3. The summed E-state index contributed by atoms with van der Waals surface area (Å²) < 4.78 is 5.51. The number of hydrogen-bond donors (Lipinski definition) is 1. The average molecular weight is 248 g/mol. The molecule has 18 heavy (non-hydrogen) atoms. The number of likely N-dealkylation sites (N-methyl/N-ethyl adjacent to an activating group) is 1. The molecule has 1 aliphatic rings. The Labute approximate surface area is 110 Å². The smallest absolute Gasteiger partial charge is 0.0547 e. The molecular formula is C15H24N2O. The second-order valence-corrected chi connectivity index (χ2v) is 5.48. The zero-order valence-corrected chi connectivity index (χ0v) is 11.3. The summed E-state index contributed by atoms with van der Waals surface area (Å²) in [7, 11) is 2.18. The molecule has 0 saturated carbocycles. The number of rotatable bonds is 6. The van der Waals surface area contributed by atoms with Gasteiger partial charge in [0.1, 0.15) is 0 Å². The van der Waals surface area contributed by atoms with Gasteiger partial charge in [0.05, 0.1) is 6.61 Å². The van der Waals surface area contributed by atoms with Crippen molar-refractivity contribution in [1.29, 1.82) is 0 Å². The summed E-state index contributed by atoms with van der Waals surface area (Å²) in [6.07, 6.45) is 2.19. The maximum atomic E-state index is 5.92. The predicted molar refractivity (Wildman–Crippen MR) is 74.6 cm³/mol. The highest BCUT2D eigenvalue weighted by Crippen LogP contribution is 2.28. The number of benzene rings is 1. The predicted octanol–water partition coefficient (Wildman–Crippen LogP) is 1.53. The van der Waals surface area contributed by atoms with Crippen molar-refractivity contribution in [2.24, 2.45) is 11.1 Å². The van der Waals surface area contributed by atoms with E-state index in [0.29, 0.717) is 0 Å². The van der Waals surface area contributed by atoms with E-state index < -0.39 is 0 Å². The third-order valence-corrected chi connectivity index (χ3v) is 3.85. The molecule has 1 unspecified atom stereocenters. The molecule has 0 radical (unpaired) electrons. The van der Waals surface area contributed by atoms with Crippen LogP contribution in [0.25, 0.3) is 0 Å². The summed E-state index contributed by atoms with van der Waals surface area (Å²) in [5, 5.41) is 0. The summed E-state index contributed by atoms with van der Waals surface area (Å²) in [4.78, 5) is 2.38. The van der Waals surface area contributed by atoms with E-state index in [0.717, 1.165) is 45.7 Å². The summed E-state index contributed by atoms with van der Waals surface area (Å²) >= 11 is 0. The zero-order valence-electron chi connectivity index (χ0n) is 11.3. The van der Waals surface area contributed by atoms with Crippen molar-refractivity contribution in [3.05, 3.63) is 35.9 Å². The number of nitrogens with zero attached hydrogens (tertiary/aromatic N) is 1. The van der Waals surface area contributed by atoms with Crippen molar-refractivity contribution < 1.29 is 4.74 Å². The first-order chi connectivity index (χ1) is 8.74. The number of nitrogens with two attached hydrogens (primary N) is 1. The van der Waals surface area contributed by atoms with Gasteiger partial charge in [-0.3, -0.25) is 0 Å². The van der Waals surface area contributed by atoms with E-state index in [9.17, 15) is 0 Å². The number of ether oxygens (including phenoxy) is 1. The van der Waals surface area contributed by atoms with Crippen LogP contribution in [0.2, 0.25) is 0 Å². The Morgan fingerprint density at radius 1 is 1.33 bits per heavy atom. The molecule has 0 amide bonds. The van der Waals surface area contributed by atoms with Crippen LogP contribution in [-0.2, 0) is 11.2 Å². The van der Waals surface area contributed by atoms with Gasteiger partial charge in [0.2, 0.25) is 0 Å². The van der Waals surface area contributed by atoms with Crippen molar-refractivity contribution in [3.63, 3.8) is 0 Å². The van der Waals surface area contributed by atoms with Crippen molar-refractivity contribution in [2.45, 2.75) is 12.8 Å². The van der Waals surface area contributed by atoms with Crippen molar-refractivity contribution in [3.8, 4) is 0 Å². The highest BCUT2D eigenvalue weighted by atomic mass is 16.5. The minimum Gasteiger partial charge on any atom is -0.381 e. The van der Waals surface area contributed by atoms with Crippen LogP contribution < -0.4 is 5.73 Å². The Hall–Kier alpha value is -0.900. The van der Waals surface area contributed by atoms with Crippen LogP contribution in [0.4, 0.5) is 0 Å². The molecule has 1 aromatic rings. The van der Waals surface area contributed by atoms with Gasteiger partial charge in [-0.1, -0.05) is 30.3 Å². The SMILES string of the molecule is CN(CCc1ccccc1)CC1(CN)CCOC1. The third kappa shape index (κ3) is 3.55. The summed E-state index contributed by atoms with van der Waals surface area (Å²) in [5.74, 6) is 0. The summed E-state index contributed by atoms with van der Waals surface area (Å²) in [6.45, 7) is 4.52. The van der Waals surface area contributed by atoms with E-state index in [2.05, 4.69) is 42.3 Å². The van der Waals surface area contributed by atoms with Gasteiger partial charge >= 0.3 is 0 Å². The summed E-state index contributed by atoms with van der Waals surface area (Å²) in [6, 6.07) is 10.6. The molecule has 0 aliphatic carbocycles. The average Bonchev–Trinajstić information content (AvgIpc) is 2.87. The molecule has 0 spiro atoms. The van der Waals surface area contributed by atoms with Crippen LogP contribution >= 0.6 is 0 Å². The van der Waals surface area contributed by atoms with Gasteiger partial charge in [-0.25, -0.2) is 0 Å². The molecule has 0 aromatic heterocycles. The van der Waals surface area contributed by atoms with Gasteiger partial charge in [-0.15, -0.1) is 0 Å². The Balaban J connectivity index is 1.79. The Morgan fingerprint density at radius 2 is 2.11 bits per heavy atom. The first-order valence-corrected chi connectivity index (χ1v) is 6.74. The fourth-order valence-electron chi connectivity index (χ4n) is 2.62. The van der Waals surface area contributed by atoms with Crippen molar-refractivity contribution >= 4 is 0 Å². The van der Waals surface area contributed by atoms with E-state index in [-0.39, 0.29) is 5.41 Å². The van der Waals surface area contributed by atoms with Crippen LogP contribution in [-0.4, -0.2) is 44.8 Å². The van der Waals surface area contributed by atoms with E-state index in [1.54, 1.807) is 0 Å². The highest BCUT2D eigenvalue weighted by Gasteiger charge is 2.34. The lowest BCUT2D eigenvalue weighted by atomic mass is 9.87. The molecule has 0 bridgehead atoms. The Bertz CT molecular complexity index is 347. The normalized spacial score (nSPS) is 23.7. The third-order valence-electron chi connectivity index (χ3n) is 3.85. The Morgan fingerprint density at radius 3 is 2.72 bits per heavy atom. The minimum atomic E-state index is 0.186. The standard InChI is InChI=1S/C15H24N2O/c1-17(9-7-14-5-3-2-4-6-14)12-15(11-16)8-10-18-13-15/h2-6H,7-13,16H2,1H3. The molecule has 3 nitrogen and oxygen atoms in total. The molecule has 2 N–H and O–H groups in total. The molecule has 1 aliphatic heterocycles. The van der Waals surface area contributed by atoms with Gasteiger partial charge in [0.25, 0.3) is 0 Å². The molecule has 1 fully saturated rings. The van der Waals surface area contributed by atoms with Crippen LogP contribution in [0, 0.1) is 5.41 Å². The topological polar surface area (TPSA) is 38.5 Å². The lowest BCUT2D eigenvalue weighted by Gasteiger charge is -2.31. The lowest BCUT2D eigenvalue weighted by molar-refractivity contribution is 0.126. The first kappa shape index (κ1) is 13.5. The Kier molecular flexibility index (Phi) is 4.75. The maximum absolute atomic E-state index is 5.92.